The van der Waals surface area contributed by atoms with Gasteiger partial charge in [0.15, 0.2) is 11.5 Å². The highest BCUT2D eigenvalue weighted by Crippen LogP contribution is 2.31. The Labute approximate surface area is 174 Å². The summed E-state index contributed by atoms with van der Waals surface area (Å²) < 4.78 is 11.4. The van der Waals surface area contributed by atoms with Crippen LogP contribution in [0.25, 0.3) is 0 Å². The number of anilines is 1. The predicted octanol–water partition coefficient (Wildman–Crippen LogP) is 1.48. The average Bonchev–Trinajstić information content (AvgIpc) is 2.79. The quantitative estimate of drug-likeness (QED) is 0.827. The maximum absolute atomic E-state index is 12.8. The van der Waals surface area contributed by atoms with Crippen molar-refractivity contribution >= 4 is 17.5 Å². The summed E-state index contributed by atoms with van der Waals surface area (Å²) >= 11 is 0. The predicted molar refractivity (Wildman–Crippen MR) is 109 cm³/mol. The number of benzene rings is 2. The van der Waals surface area contributed by atoms with Gasteiger partial charge in [-0.15, -0.1) is 0 Å². The van der Waals surface area contributed by atoms with Crippen molar-refractivity contribution < 1.29 is 19.1 Å². The molecule has 0 unspecified atom stereocenters. The fourth-order valence-electron chi connectivity index (χ4n) is 3.50. The number of hydrogen-bond donors (Lipinski definition) is 1. The van der Waals surface area contributed by atoms with E-state index in [1.54, 1.807) is 35.2 Å². The van der Waals surface area contributed by atoms with Gasteiger partial charge in [-0.3, -0.25) is 14.5 Å². The van der Waals surface area contributed by atoms with Crippen LogP contribution in [-0.4, -0.2) is 67.0 Å². The Hall–Kier alpha value is -3.57. The number of hydrogen-bond acceptors (Lipinski definition) is 6. The zero-order chi connectivity index (χ0) is 20.9. The normalized spacial score (nSPS) is 18.4. The molecule has 4 rings (SSSR count). The van der Waals surface area contributed by atoms with Crippen LogP contribution in [0.4, 0.5) is 5.69 Å². The second kappa shape index (κ2) is 8.84. The Morgan fingerprint density at radius 1 is 1.03 bits per heavy atom. The number of amides is 2. The molecule has 2 aliphatic heterocycles. The highest BCUT2D eigenvalue weighted by atomic mass is 16.6. The van der Waals surface area contributed by atoms with Gasteiger partial charge in [0.05, 0.1) is 18.2 Å². The van der Waals surface area contributed by atoms with Crippen LogP contribution < -0.4 is 14.8 Å². The van der Waals surface area contributed by atoms with E-state index < -0.39 is 6.10 Å². The molecule has 0 aromatic heterocycles. The van der Waals surface area contributed by atoms with Gasteiger partial charge in [0.25, 0.3) is 5.91 Å². The first-order valence-electron chi connectivity index (χ1n) is 9.82. The summed E-state index contributed by atoms with van der Waals surface area (Å²) in [6, 6.07) is 16.1. The Balaban J connectivity index is 1.24. The third-order valence-corrected chi connectivity index (χ3v) is 5.13. The number of nitrogens with one attached hydrogen (secondary N) is 1. The lowest BCUT2D eigenvalue weighted by molar-refractivity contribution is -0.143. The molecule has 1 N–H and O–H groups in total. The van der Waals surface area contributed by atoms with E-state index in [0.29, 0.717) is 48.9 Å². The van der Waals surface area contributed by atoms with E-state index in [9.17, 15) is 9.59 Å². The van der Waals surface area contributed by atoms with Gasteiger partial charge in [-0.05, 0) is 36.4 Å². The number of carbonyl (C=O) groups excluding carboxylic acids is 2. The van der Waals surface area contributed by atoms with Crippen molar-refractivity contribution in [1.82, 2.24) is 9.80 Å². The van der Waals surface area contributed by atoms with Gasteiger partial charge in [-0.25, -0.2) is 0 Å². The number of fused-ring (bicyclic) bond motifs is 1. The maximum Gasteiger partial charge on any atom is 0.267 e. The van der Waals surface area contributed by atoms with Gasteiger partial charge in [0.2, 0.25) is 12.0 Å². The summed E-state index contributed by atoms with van der Waals surface area (Å²) in [5.41, 5.74) is 1.20. The van der Waals surface area contributed by atoms with Crippen LogP contribution in [0.15, 0.2) is 48.5 Å². The molecular weight excluding hydrogens is 384 g/mol. The summed E-state index contributed by atoms with van der Waals surface area (Å²) in [5.74, 6) is 1.02. The van der Waals surface area contributed by atoms with E-state index in [1.807, 2.05) is 29.2 Å². The zero-order valence-electron chi connectivity index (χ0n) is 16.4. The smallest absolute Gasteiger partial charge is 0.267 e. The van der Waals surface area contributed by atoms with Gasteiger partial charge < -0.3 is 19.7 Å². The highest BCUT2D eigenvalue weighted by Gasteiger charge is 2.32. The van der Waals surface area contributed by atoms with Crippen molar-refractivity contribution in [1.29, 1.82) is 5.26 Å². The Bertz CT molecular complexity index is 962. The molecule has 8 heteroatoms. The number of ether oxygens (including phenoxy) is 2. The minimum atomic E-state index is -0.647. The van der Waals surface area contributed by atoms with E-state index in [1.165, 1.54) is 0 Å². The second-order valence-electron chi connectivity index (χ2n) is 7.20. The summed E-state index contributed by atoms with van der Waals surface area (Å²) in [6.45, 7) is 2.73. The van der Waals surface area contributed by atoms with Gasteiger partial charge in [0.1, 0.15) is 6.61 Å². The van der Waals surface area contributed by atoms with E-state index in [0.717, 1.165) is 0 Å². The van der Waals surface area contributed by atoms with Gasteiger partial charge in [-0.1, -0.05) is 12.1 Å². The Kier molecular flexibility index (Phi) is 5.82. The fourth-order valence-corrected chi connectivity index (χ4v) is 3.50. The molecule has 2 amide bonds. The van der Waals surface area contributed by atoms with Crippen molar-refractivity contribution in [3.05, 3.63) is 54.1 Å². The van der Waals surface area contributed by atoms with Crippen LogP contribution in [0.2, 0.25) is 0 Å². The van der Waals surface area contributed by atoms with Crippen LogP contribution in [0.5, 0.6) is 11.5 Å². The largest absolute Gasteiger partial charge is 0.485 e. The molecule has 154 valence electrons. The van der Waals surface area contributed by atoms with E-state index >= 15 is 0 Å². The monoisotopic (exact) mass is 406 g/mol. The summed E-state index contributed by atoms with van der Waals surface area (Å²) in [5, 5.41) is 11.7. The van der Waals surface area contributed by atoms with Crippen molar-refractivity contribution in [3.63, 3.8) is 0 Å². The van der Waals surface area contributed by atoms with Gasteiger partial charge in [-0.2, -0.15) is 5.26 Å². The van der Waals surface area contributed by atoms with Crippen LogP contribution in [0, 0.1) is 11.3 Å². The first-order valence-corrected chi connectivity index (χ1v) is 9.82. The van der Waals surface area contributed by atoms with Crippen LogP contribution >= 0.6 is 0 Å². The molecule has 0 spiro atoms. The molecule has 1 atom stereocenters. The molecule has 0 radical (unpaired) electrons. The fraction of sp³-hybridized carbons (Fsp3) is 0.318. The second-order valence-corrected chi connectivity index (χ2v) is 7.20. The molecule has 0 aliphatic carbocycles. The van der Waals surface area contributed by atoms with E-state index in [2.05, 4.69) is 5.32 Å². The molecular formula is C22H22N4O4. The molecule has 1 saturated heterocycles. The highest BCUT2D eigenvalue weighted by molar-refractivity contribution is 5.92. The molecule has 2 aliphatic rings. The third-order valence-electron chi connectivity index (χ3n) is 5.13. The number of rotatable bonds is 4. The minimum absolute atomic E-state index is 0.0915. The third kappa shape index (κ3) is 4.53. The van der Waals surface area contributed by atoms with Crippen LogP contribution in [0.1, 0.15) is 5.56 Å². The number of piperazine rings is 1. The van der Waals surface area contributed by atoms with Crippen molar-refractivity contribution in [2.45, 2.75) is 6.10 Å². The van der Waals surface area contributed by atoms with Crippen molar-refractivity contribution in [2.24, 2.45) is 0 Å². The first-order chi connectivity index (χ1) is 14.6. The number of para-hydroxylation sites is 2. The van der Waals surface area contributed by atoms with Gasteiger partial charge in [0, 0.05) is 31.9 Å². The molecule has 30 heavy (non-hydrogen) atoms. The molecule has 8 nitrogen and oxygen atoms in total. The van der Waals surface area contributed by atoms with E-state index in [-0.39, 0.29) is 25.0 Å². The van der Waals surface area contributed by atoms with Crippen molar-refractivity contribution in [2.75, 3.05) is 44.6 Å². The summed E-state index contributed by atoms with van der Waals surface area (Å²) in [7, 11) is 0. The van der Waals surface area contributed by atoms with Gasteiger partial charge >= 0.3 is 0 Å². The number of carbonyl (C=O) groups is 2. The van der Waals surface area contributed by atoms with Crippen LogP contribution in [0.3, 0.4) is 0 Å². The summed E-state index contributed by atoms with van der Waals surface area (Å²) in [4.78, 5) is 28.8. The number of nitriles is 1. The van der Waals surface area contributed by atoms with Crippen LogP contribution in [-0.2, 0) is 9.59 Å². The topological polar surface area (TPSA) is 94.9 Å². The number of nitrogens with zero attached hydrogens (tertiary/aromatic N) is 3. The molecule has 1 fully saturated rings. The molecule has 0 saturated carbocycles. The summed E-state index contributed by atoms with van der Waals surface area (Å²) in [6.07, 6.45) is -0.647. The molecule has 2 aromatic rings. The SMILES string of the molecule is N#Cc1ccc(NC(=O)CN2CCN(C(=O)[C@@H]3COc4ccccc4O3)CC2)cc1. The first kappa shape index (κ1) is 19.7. The average molecular weight is 406 g/mol. The zero-order valence-corrected chi connectivity index (χ0v) is 16.4. The lowest BCUT2D eigenvalue weighted by Crippen LogP contribution is -2.54. The lowest BCUT2D eigenvalue weighted by atomic mass is 10.2. The molecule has 2 heterocycles. The molecule has 2 aromatic carbocycles. The maximum atomic E-state index is 12.8. The molecule has 0 bridgehead atoms. The van der Waals surface area contributed by atoms with E-state index in [4.69, 9.17) is 14.7 Å². The standard InChI is InChI=1S/C22H22N4O4/c23-13-16-5-7-17(8-6-16)24-21(27)14-25-9-11-26(12-10-25)22(28)20-15-29-18-3-1-2-4-19(18)30-20/h1-8,20H,9-12,14-15H2,(H,24,27)/t20-/m0/s1. The Morgan fingerprint density at radius 2 is 1.73 bits per heavy atom. The Morgan fingerprint density at radius 3 is 2.43 bits per heavy atom. The lowest BCUT2D eigenvalue weighted by Gasteiger charge is -2.36. The van der Waals surface area contributed by atoms with Crippen molar-refractivity contribution in [3.8, 4) is 17.6 Å². The minimum Gasteiger partial charge on any atom is -0.485 e.